The normalized spacial score (nSPS) is 12.4. The molecule has 0 bridgehead atoms. The van der Waals surface area contributed by atoms with Gasteiger partial charge in [0.2, 0.25) is 0 Å². The molecule has 100 valence electrons. The molecule has 1 unspecified atom stereocenters. The molecule has 0 saturated heterocycles. The summed E-state index contributed by atoms with van der Waals surface area (Å²) < 4.78 is 27.6. The van der Waals surface area contributed by atoms with Gasteiger partial charge in [-0.2, -0.15) is 0 Å². The average molecular weight is 285 g/mol. The van der Waals surface area contributed by atoms with Crippen LogP contribution < -0.4 is 17.0 Å². The number of halogens is 3. The van der Waals surface area contributed by atoms with Crippen LogP contribution in [0.15, 0.2) is 30.5 Å². The van der Waals surface area contributed by atoms with Crippen molar-refractivity contribution >= 4 is 17.4 Å². The summed E-state index contributed by atoms with van der Waals surface area (Å²) in [7, 11) is 0. The molecule has 4 nitrogen and oxygen atoms in total. The molecule has 5 N–H and O–H groups in total. The minimum Gasteiger partial charge on any atom is -0.383 e. The first-order chi connectivity index (χ1) is 9.04. The van der Waals surface area contributed by atoms with Gasteiger partial charge in [0.05, 0.1) is 11.1 Å². The zero-order chi connectivity index (χ0) is 14.0. The van der Waals surface area contributed by atoms with Gasteiger partial charge in [-0.15, -0.1) is 0 Å². The number of nitrogens with one attached hydrogen (secondary N) is 1. The fourth-order valence-electron chi connectivity index (χ4n) is 1.81. The summed E-state index contributed by atoms with van der Waals surface area (Å²) in [6.07, 6.45) is 1.34. The van der Waals surface area contributed by atoms with E-state index in [1.54, 1.807) is 0 Å². The van der Waals surface area contributed by atoms with Gasteiger partial charge in [0.1, 0.15) is 17.5 Å². The van der Waals surface area contributed by atoms with Gasteiger partial charge in [0.15, 0.2) is 0 Å². The van der Waals surface area contributed by atoms with Crippen LogP contribution in [0.3, 0.4) is 0 Å². The molecule has 0 amide bonds. The molecule has 1 aromatic carbocycles. The number of nitrogen functional groups attached to an aromatic ring is 1. The Hall–Kier alpha value is -1.76. The average Bonchev–Trinajstić information content (AvgIpc) is 2.37. The number of nitrogens with zero attached hydrogens (tertiary/aromatic N) is 1. The van der Waals surface area contributed by atoms with E-state index in [2.05, 4.69) is 10.4 Å². The number of hydrazine groups is 1. The summed E-state index contributed by atoms with van der Waals surface area (Å²) in [4.78, 5) is 3.84. The lowest BCUT2D eigenvalue weighted by Crippen LogP contribution is -2.31. The zero-order valence-electron chi connectivity index (χ0n) is 9.70. The van der Waals surface area contributed by atoms with Gasteiger partial charge in [-0.05, 0) is 18.2 Å². The van der Waals surface area contributed by atoms with E-state index in [0.29, 0.717) is 10.6 Å². The van der Waals surface area contributed by atoms with Gasteiger partial charge in [0, 0.05) is 17.3 Å². The predicted molar refractivity (Wildman–Crippen MR) is 69.2 cm³/mol. The van der Waals surface area contributed by atoms with Gasteiger partial charge >= 0.3 is 0 Å². The SMILES string of the molecule is NNC(c1cc(Cl)cnc1N)c1c(F)cccc1F. The third-order valence-electron chi connectivity index (χ3n) is 2.68. The molecule has 1 atom stereocenters. The van der Waals surface area contributed by atoms with Crippen molar-refractivity contribution in [1.29, 1.82) is 0 Å². The molecule has 0 aliphatic rings. The number of benzene rings is 1. The zero-order valence-corrected chi connectivity index (χ0v) is 10.5. The van der Waals surface area contributed by atoms with E-state index < -0.39 is 17.7 Å². The second-order valence-corrected chi connectivity index (χ2v) is 4.30. The van der Waals surface area contributed by atoms with Crippen LogP contribution in [0.5, 0.6) is 0 Å². The van der Waals surface area contributed by atoms with Crippen LogP contribution in [0.4, 0.5) is 14.6 Å². The van der Waals surface area contributed by atoms with E-state index in [1.165, 1.54) is 18.3 Å². The third-order valence-corrected chi connectivity index (χ3v) is 2.89. The molecule has 0 radical (unpaired) electrons. The Morgan fingerprint density at radius 2 is 1.89 bits per heavy atom. The minimum atomic E-state index is -0.979. The van der Waals surface area contributed by atoms with Gasteiger partial charge in [-0.1, -0.05) is 17.7 Å². The number of hydrogen-bond acceptors (Lipinski definition) is 4. The largest absolute Gasteiger partial charge is 0.383 e. The molecule has 2 aromatic rings. The lowest BCUT2D eigenvalue weighted by atomic mass is 9.99. The highest BCUT2D eigenvalue weighted by atomic mass is 35.5. The topological polar surface area (TPSA) is 77.0 Å². The quantitative estimate of drug-likeness (QED) is 0.596. The number of hydrogen-bond donors (Lipinski definition) is 3. The monoisotopic (exact) mass is 284 g/mol. The molecule has 0 spiro atoms. The molecule has 1 aromatic heterocycles. The Balaban J connectivity index is 2.59. The second-order valence-electron chi connectivity index (χ2n) is 3.86. The Morgan fingerprint density at radius 3 is 2.47 bits per heavy atom. The van der Waals surface area contributed by atoms with E-state index in [0.717, 1.165) is 12.1 Å². The van der Waals surface area contributed by atoms with Crippen LogP contribution in [0.25, 0.3) is 0 Å². The van der Waals surface area contributed by atoms with E-state index >= 15 is 0 Å². The number of nitrogens with two attached hydrogens (primary N) is 2. The fourth-order valence-corrected chi connectivity index (χ4v) is 1.98. The maximum atomic E-state index is 13.8. The lowest BCUT2D eigenvalue weighted by molar-refractivity contribution is 0.510. The van der Waals surface area contributed by atoms with Crippen molar-refractivity contribution in [1.82, 2.24) is 10.4 Å². The van der Waals surface area contributed by atoms with Crippen molar-refractivity contribution in [3.05, 3.63) is 58.2 Å². The Kier molecular flexibility index (Phi) is 3.94. The molecule has 0 fully saturated rings. The fraction of sp³-hybridized carbons (Fsp3) is 0.0833. The van der Waals surface area contributed by atoms with E-state index in [9.17, 15) is 8.78 Å². The summed E-state index contributed by atoms with van der Waals surface area (Å²) >= 11 is 5.81. The van der Waals surface area contributed by atoms with Crippen LogP contribution in [-0.4, -0.2) is 4.98 Å². The van der Waals surface area contributed by atoms with Crippen molar-refractivity contribution in [3.8, 4) is 0 Å². The molecule has 7 heteroatoms. The molecule has 2 rings (SSSR count). The third kappa shape index (κ3) is 2.65. The highest BCUT2D eigenvalue weighted by molar-refractivity contribution is 6.30. The van der Waals surface area contributed by atoms with Crippen molar-refractivity contribution < 1.29 is 8.78 Å². The highest BCUT2D eigenvalue weighted by Gasteiger charge is 2.23. The molecule has 19 heavy (non-hydrogen) atoms. The van der Waals surface area contributed by atoms with Crippen molar-refractivity contribution in [3.63, 3.8) is 0 Å². The first kappa shape index (κ1) is 13.7. The van der Waals surface area contributed by atoms with Gasteiger partial charge in [-0.25, -0.2) is 19.2 Å². The first-order valence-corrected chi connectivity index (χ1v) is 5.73. The molecular formula is C12H11ClF2N4. The van der Waals surface area contributed by atoms with Crippen molar-refractivity contribution in [2.75, 3.05) is 5.73 Å². The molecule has 1 heterocycles. The molecule has 0 aliphatic heterocycles. The number of aromatic nitrogens is 1. The number of pyridine rings is 1. The predicted octanol–water partition coefficient (Wildman–Crippen LogP) is 2.15. The number of anilines is 1. The van der Waals surface area contributed by atoms with Crippen LogP contribution in [-0.2, 0) is 0 Å². The second kappa shape index (κ2) is 5.48. The van der Waals surface area contributed by atoms with E-state index in [-0.39, 0.29) is 11.4 Å². The van der Waals surface area contributed by atoms with E-state index in [4.69, 9.17) is 23.2 Å². The molecule has 0 saturated carbocycles. The molecule has 0 aliphatic carbocycles. The Morgan fingerprint density at radius 1 is 1.26 bits per heavy atom. The minimum absolute atomic E-state index is 0.0926. The smallest absolute Gasteiger partial charge is 0.131 e. The van der Waals surface area contributed by atoms with Crippen LogP contribution in [0.2, 0.25) is 5.02 Å². The molecular weight excluding hydrogens is 274 g/mol. The summed E-state index contributed by atoms with van der Waals surface area (Å²) in [5.41, 5.74) is 8.09. The maximum Gasteiger partial charge on any atom is 0.131 e. The summed E-state index contributed by atoms with van der Waals surface area (Å²) in [6.45, 7) is 0. The van der Waals surface area contributed by atoms with E-state index in [1.807, 2.05) is 0 Å². The van der Waals surface area contributed by atoms with Crippen LogP contribution in [0.1, 0.15) is 17.2 Å². The van der Waals surface area contributed by atoms with Gasteiger partial charge in [-0.3, -0.25) is 5.84 Å². The Bertz CT molecular complexity index is 586. The summed E-state index contributed by atoms with van der Waals surface area (Å²) in [5.74, 6) is 4.01. The first-order valence-electron chi connectivity index (χ1n) is 5.35. The summed E-state index contributed by atoms with van der Waals surface area (Å²) in [5, 5.41) is 0.293. The number of rotatable bonds is 3. The standard InChI is InChI=1S/C12H11ClF2N4/c13-6-4-7(12(16)18-5-6)11(19-17)10-8(14)2-1-3-9(10)15/h1-5,11,19H,17H2,(H2,16,18). The Labute approximate surface area is 113 Å². The van der Waals surface area contributed by atoms with Crippen LogP contribution >= 0.6 is 11.6 Å². The van der Waals surface area contributed by atoms with Gasteiger partial charge in [0.25, 0.3) is 0 Å². The highest BCUT2D eigenvalue weighted by Crippen LogP contribution is 2.30. The van der Waals surface area contributed by atoms with Crippen molar-refractivity contribution in [2.24, 2.45) is 5.84 Å². The lowest BCUT2D eigenvalue weighted by Gasteiger charge is -2.19. The van der Waals surface area contributed by atoms with Crippen LogP contribution in [0, 0.1) is 11.6 Å². The van der Waals surface area contributed by atoms with Gasteiger partial charge < -0.3 is 5.73 Å². The summed E-state index contributed by atoms with van der Waals surface area (Å²) in [6, 6.07) is 4.02. The van der Waals surface area contributed by atoms with Crippen molar-refractivity contribution in [2.45, 2.75) is 6.04 Å². The maximum absolute atomic E-state index is 13.8.